The molecule has 0 radical (unpaired) electrons. The van der Waals surface area contributed by atoms with Crippen LogP contribution >= 0.6 is 0 Å². The third kappa shape index (κ3) is 2.12. The van der Waals surface area contributed by atoms with Crippen molar-refractivity contribution in [1.29, 1.82) is 0 Å². The Morgan fingerprint density at radius 1 is 1.25 bits per heavy atom. The van der Waals surface area contributed by atoms with Crippen molar-refractivity contribution in [3.8, 4) is 0 Å². The van der Waals surface area contributed by atoms with Gasteiger partial charge < -0.3 is 9.52 Å². The molecule has 84 valence electrons. The molecule has 0 aliphatic carbocycles. The van der Waals surface area contributed by atoms with Crippen molar-refractivity contribution in [3.05, 3.63) is 59.6 Å². The third-order valence-corrected chi connectivity index (χ3v) is 2.37. The highest BCUT2D eigenvalue weighted by Crippen LogP contribution is 2.21. The maximum absolute atomic E-state index is 13.3. The van der Waals surface area contributed by atoms with Crippen LogP contribution in [0.4, 0.5) is 8.78 Å². The van der Waals surface area contributed by atoms with Crippen molar-refractivity contribution in [3.63, 3.8) is 0 Å². The summed E-state index contributed by atoms with van der Waals surface area (Å²) in [7, 11) is 0. The molecule has 1 aromatic heterocycles. The number of benzene rings is 1. The van der Waals surface area contributed by atoms with Gasteiger partial charge in [-0.05, 0) is 17.7 Å². The quantitative estimate of drug-likeness (QED) is 0.869. The van der Waals surface area contributed by atoms with Gasteiger partial charge in [-0.3, -0.25) is 0 Å². The summed E-state index contributed by atoms with van der Waals surface area (Å²) in [6.07, 6.45) is 1.92. The molecular formula is C12H10F2O2. The Kier molecular flexibility index (Phi) is 3.01. The Balaban J connectivity index is 2.18. The van der Waals surface area contributed by atoms with E-state index in [1.165, 1.54) is 24.7 Å². The van der Waals surface area contributed by atoms with E-state index in [2.05, 4.69) is 0 Å². The van der Waals surface area contributed by atoms with Crippen LogP contribution < -0.4 is 0 Å². The molecule has 1 N–H and O–H groups in total. The van der Waals surface area contributed by atoms with Crippen LogP contribution in [0, 0.1) is 11.6 Å². The molecule has 1 unspecified atom stereocenters. The summed E-state index contributed by atoms with van der Waals surface area (Å²) in [6.45, 7) is 0. The summed E-state index contributed by atoms with van der Waals surface area (Å²) in [5, 5.41) is 9.73. The number of furan rings is 1. The summed E-state index contributed by atoms with van der Waals surface area (Å²) in [4.78, 5) is 0. The molecule has 16 heavy (non-hydrogen) atoms. The van der Waals surface area contributed by atoms with Crippen LogP contribution in [0.3, 0.4) is 0 Å². The van der Waals surface area contributed by atoms with E-state index >= 15 is 0 Å². The maximum atomic E-state index is 13.3. The molecule has 0 saturated carbocycles. The van der Waals surface area contributed by atoms with Crippen molar-refractivity contribution < 1.29 is 18.3 Å². The Bertz CT molecular complexity index is 466. The second kappa shape index (κ2) is 4.45. The molecule has 1 atom stereocenters. The zero-order chi connectivity index (χ0) is 11.5. The van der Waals surface area contributed by atoms with Crippen LogP contribution in [0.25, 0.3) is 0 Å². The van der Waals surface area contributed by atoms with E-state index in [4.69, 9.17) is 4.42 Å². The smallest absolute Gasteiger partial charge is 0.162 e. The predicted octanol–water partition coefficient (Wildman–Crippen LogP) is 2.83. The fourth-order valence-corrected chi connectivity index (χ4v) is 1.50. The van der Waals surface area contributed by atoms with Gasteiger partial charge in [-0.25, -0.2) is 8.78 Å². The highest BCUT2D eigenvalue weighted by atomic mass is 19.2. The first-order chi connectivity index (χ1) is 7.68. The number of rotatable bonds is 3. The number of hydrogen-bond acceptors (Lipinski definition) is 2. The van der Waals surface area contributed by atoms with Crippen LogP contribution in [-0.2, 0) is 6.42 Å². The molecule has 2 rings (SSSR count). The van der Waals surface area contributed by atoms with Gasteiger partial charge in [0.05, 0.1) is 18.6 Å². The van der Waals surface area contributed by atoms with E-state index in [0.29, 0.717) is 5.56 Å². The van der Waals surface area contributed by atoms with Crippen molar-refractivity contribution >= 4 is 0 Å². The molecule has 0 aliphatic rings. The third-order valence-electron chi connectivity index (χ3n) is 2.37. The van der Waals surface area contributed by atoms with Crippen molar-refractivity contribution in [1.82, 2.24) is 0 Å². The Morgan fingerprint density at radius 3 is 2.75 bits per heavy atom. The van der Waals surface area contributed by atoms with E-state index in [1.807, 2.05) is 0 Å². The Labute approximate surface area is 91.1 Å². The second-order valence-corrected chi connectivity index (χ2v) is 3.49. The largest absolute Gasteiger partial charge is 0.472 e. The molecule has 0 aliphatic heterocycles. The van der Waals surface area contributed by atoms with Crippen LogP contribution in [-0.4, -0.2) is 5.11 Å². The minimum Gasteiger partial charge on any atom is -0.472 e. The van der Waals surface area contributed by atoms with Gasteiger partial charge in [0.15, 0.2) is 11.6 Å². The molecule has 1 heterocycles. The minimum absolute atomic E-state index is 0.0170. The maximum Gasteiger partial charge on any atom is 0.162 e. The molecule has 0 fully saturated rings. The Morgan fingerprint density at radius 2 is 2.06 bits per heavy atom. The van der Waals surface area contributed by atoms with Crippen molar-refractivity contribution in [2.45, 2.75) is 12.5 Å². The molecule has 2 aromatic rings. The summed E-state index contributed by atoms with van der Waals surface area (Å²) < 4.78 is 31.0. The van der Waals surface area contributed by atoms with E-state index in [1.54, 1.807) is 6.07 Å². The number of halogens is 2. The SMILES string of the molecule is OC(Cc1cccc(F)c1F)c1ccoc1. The second-order valence-electron chi connectivity index (χ2n) is 3.49. The highest BCUT2D eigenvalue weighted by molar-refractivity contribution is 5.22. The standard InChI is InChI=1S/C12H10F2O2/c13-10-3-1-2-8(12(10)14)6-11(15)9-4-5-16-7-9/h1-5,7,11,15H,6H2. The normalized spacial score (nSPS) is 12.7. The lowest BCUT2D eigenvalue weighted by atomic mass is 10.0. The van der Waals surface area contributed by atoms with Crippen LogP contribution in [0.15, 0.2) is 41.2 Å². The monoisotopic (exact) mass is 224 g/mol. The lowest BCUT2D eigenvalue weighted by Crippen LogP contribution is -2.03. The van der Waals surface area contributed by atoms with E-state index in [0.717, 1.165) is 6.07 Å². The van der Waals surface area contributed by atoms with E-state index < -0.39 is 17.7 Å². The molecule has 2 nitrogen and oxygen atoms in total. The average molecular weight is 224 g/mol. The van der Waals surface area contributed by atoms with Gasteiger partial charge in [0, 0.05) is 12.0 Å². The van der Waals surface area contributed by atoms with E-state index in [-0.39, 0.29) is 12.0 Å². The van der Waals surface area contributed by atoms with Gasteiger partial charge in [0.2, 0.25) is 0 Å². The minimum atomic E-state index is -0.912. The summed E-state index contributed by atoms with van der Waals surface area (Å²) in [6, 6.07) is 5.49. The van der Waals surface area contributed by atoms with E-state index in [9.17, 15) is 13.9 Å². The fourth-order valence-electron chi connectivity index (χ4n) is 1.50. The first-order valence-electron chi connectivity index (χ1n) is 4.81. The number of aliphatic hydroxyl groups excluding tert-OH is 1. The van der Waals surface area contributed by atoms with Gasteiger partial charge in [0.25, 0.3) is 0 Å². The zero-order valence-corrected chi connectivity index (χ0v) is 8.36. The van der Waals surface area contributed by atoms with Gasteiger partial charge in [0.1, 0.15) is 0 Å². The topological polar surface area (TPSA) is 33.4 Å². The molecule has 0 saturated heterocycles. The molecule has 0 amide bonds. The zero-order valence-electron chi connectivity index (χ0n) is 8.36. The molecular weight excluding hydrogens is 214 g/mol. The predicted molar refractivity (Wildman–Crippen MR) is 53.7 cm³/mol. The summed E-state index contributed by atoms with van der Waals surface area (Å²) in [5.41, 5.74) is 0.692. The molecule has 0 spiro atoms. The number of hydrogen-bond donors (Lipinski definition) is 1. The fraction of sp³-hybridized carbons (Fsp3) is 0.167. The lowest BCUT2D eigenvalue weighted by Gasteiger charge is -2.09. The number of aliphatic hydroxyl groups is 1. The molecule has 0 bridgehead atoms. The van der Waals surface area contributed by atoms with Gasteiger partial charge in [-0.15, -0.1) is 0 Å². The Hall–Kier alpha value is -1.68. The van der Waals surface area contributed by atoms with Crippen LogP contribution in [0.1, 0.15) is 17.2 Å². The summed E-state index contributed by atoms with van der Waals surface area (Å²) >= 11 is 0. The summed E-state index contributed by atoms with van der Waals surface area (Å²) in [5.74, 6) is -1.82. The van der Waals surface area contributed by atoms with Gasteiger partial charge in [-0.1, -0.05) is 12.1 Å². The first-order valence-corrected chi connectivity index (χ1v) is 4.81. The first kappa shape index (κ1) is 10.8. The lowest BCUT2D eigenvalue weighted by molar-refractivity contribution is 0.176. The average Bonchev–Trinajstić information content (AvgIpc) is 2.78. The molecule has 4 heteroatoms. The van der Waals surface area contributed by atoms with Crippen molar-refractivity contribution in [2.75, 3.05) is 0 Å². The van der Waals surface area contributed by atoms with Gasteiger partial charge in [-0.2, -0.15) is 0 Å². The van der Waals surface area contributed by atoms with Crippen LogP contribution in [0.5, 0.6) is 0 Å². The van der Waals surface area contributed by atoms with Crippen molar-refractivity contribution in [2.24, 2.45) is 0 Å². The highest BCUT2D eigenvalue weighted by Gasteiger charge is 2.14. The van der Waals surface area contributed by atoms with Crippen LogP contribution in [0.2, 0.25) is 0 Å². The molecule has 1 aromatic carbocycles. The van der Waals surface area contributed by atoms with Gasteiger partial charge >= 0.3 is 0 Å².